The van der Waals surface area contributed by atoms with E-state index in [1.54, 1.807) is 6.20 Å². The maximum atomic E-state index is 12.3. The van der Waals surface area contributed by atoms with Gasteiger partial charge in [-0.3, -0.25) is 4.79 Å². The maximum absolute atomic E-state index is 12.3. The molecule has 0 amide bonds. The zero-order valence-electron chi connectivity index (χ0n) is 32.6. The molecule has 0 aromatic heterocycles. The van der Waals surface area contributed by atoms with Crippen LogP contribution in [0.5, 0.6) is 0 Å². The first-order valence-corrected chi connectivity index (χ1v) is 18.6. The second-order valence-corrected chi connectivity index (χ2v) is 15.0. The van der Waals surface area contributed by atoms with E-state index >= 15 is 0 Å². The number of aliphatic imine (C=N–C) groups is 2. The Bertz CT molecular complexity index is 1440. The number of likely N-dealkylation sites (N-methyl/N-ethyl adjacent to an activating group) is 1. The number of nitrogens with zero attached hydrogens (tertiary/aromatic N) is 2. The Labute approximate surface area is 326 Å². The quantitative estimate of drug-likeness (QED) is 0.0274. The Balaban J connectivity index is 1.84. The molecule has 0 spiro atoms. The summed E-state index contributed by atoms with van der Waals surface area (Å²) in [6, 6.07) is -2.58. The summed E-state index contributed by atoms with van der Waals surface area (Å²) >= 11 is 0. The van der Waals surface area contributed by atoms with Crippen molar-refractivity contribution in [3.63, 3.8) is 0 Å². The Kier molecular flexibility index (Phi) is 17.8. The van der Waals surface area contributed by atoms with Crippen molar-refractivity contribution in [2.45, 2.75) is 144 Å². The molecule has 0 radical (unpaired) electrons. The SMILES string of the molecule is CNC1C(OC2C(OCC3(N=C(N)N)CC(O)C(O)C(NC(N)=N/C=C(\C)CC/C=C(\C)CCC=C(C)C)C3O)OC(CO)C2(O)C=O)OC(CO)C(O)C1O. The molecule has 0 aromatic rings. The van der Waals surface area contributed by atoms with Gasteiger partial charge in [-0.05, 0) is 60.4 Å². The Morgan fingerprint density at radius 1 is 0.893 bits per heavy atom. The van der Waals surface area contributed by atoms with Gasteiger partial charge in [0.15, 0.2) is 36.4 Å². The van der Waals surface area contributed by atoms with Gasteiger partial charge in [0.05, 0.1) is 38.0 Å². The monoisotopic (exact) mass is 801 g/mol. The van der Waals surface area contributed by atoms with E-state index in [1.807, 2.05) is 6.92 Å². The molecule has 2 aliphatic heterocycles. The highest BCUT2D eigenvalue weighted by Crippen LogP contribution is 2.39. The summed E-state index contributed by atoms with van der Waals surface area (Å²) < 4.78 is 23.3. The van der Waals surface area contributed by atoms with E-state index in [0.717, 1.165) is 24.8 Å². The summed E-state index contributed by atoms with van der Waals surface area (Å²) in [6.45, 7) is 5.77. The van der Waals surface area contributed by atoms with Gasteiger partial charge >= 0.3 is 0 Å². The van der Waals surface area contributed by atoms with Crippen LogP contribution in [0.3, 0.4) is 0 Å². The molecule has 20 nitrogen and oxygen atoms in total. The molecule has 2 saturated heterocycles. The Morgan fingerprint density at radius 3 is 2.14 bits per heavy atom. The van der Waals surface area contributed by atoms with E-state index in [9.17, 15) is 45.6 Å². The summed E-state index contributed by atoms with van der Waals surface area (Å²) in [5.74, 6) is -0.742. The lowest BCUT2D eigenvalue weighted by molar-refractivity contribution is -0.307. The highest BCUT2D eigenvalue weighted by atomic mass is 16.8. The normalized spacial score (nSPS) is 38.3. The first kappa shape index (κ1) is 47.3. The number of carbonyl (C=O) groups is 1. The van der Waals surface area contributed by atoms with Crippen LogP contribution in [0.15, 0.2) is 45.1 Å². The fraction of sp³-hybridized carbons (Fsp3) is 0.750. The van der Waals surface area contributed by atoms with Crippen molar-refractivity contribution in [1.29, 1.82) is 0 Å². The van der Waals surface area contributed by atoms with Gasteiger partial charge in [-0.1, -0.05) is 28.9 Å². The van der Waals surface area contributed by atoms with E-state index in [4.69, 9.17) is 36.1 Å². The summed E-state index contributed by atoms with van der Waals surface area (Å²) in [4.78, 5) is 20.8. The van der Waals surface area contributed by atoms with Gasteiger partial charge in [-0.15, -0.1) is 0 Å². The van der Waals surface area contributed by atoms with Gasteiger partial charge in [0, 0.05) is 12.6 Å². The third-order valence-electron chi connectivity index (χ3n) is 10.3. The number of aliphatic hydroxyl groups is 8. The predicted molar refractivity (Wildman–Crippen MR) is 203 cm³/mol. The molecule has 14 unspecified atom stereocenters. The van der Waals surface area contributed by atoms with E-state index in [2.05, 4.69) is 53.5 Å². The van der Waals surface area contributed by atoms with Crippen LogP contribution in [0.1, 0.15) is 59.8 Å². The van der Waals surface area contributed by atoms with Crippen molar-refractivity contribution in [2.24, 2.45) is 27.2 Å². The van der Waals surface area contributed by atoms with Gasteiger partial charge in [0.1, 0.15) is 48.3 Å². The smallest absolute Gasteiger partial charge is 0.193 e. The third kappa shape index (κ3) is 11.5. The van der Waals surface area contributed by atoms with Crippen LogP contribution < -0.4 is 27.8 Å². The molecule has 0 bridgehead atoms. The van der Waals surface area contributed by atoms with Crippen molar-refractivity contribution < 1.29 is 64.6 Å². The average Bonchev–Trinajstić information content (AvgIpc) is 3.41. The van der Waals surface area contributed by atoms with Gasteiger partial charge in [0.2, 0.25) is 0 Å². The van der Waals surface area contributed by atoms with Gasteiger partial charge in [-0.25, -0.2) is 9.98 Å². The van der Waals surface area contributed by atoms with Crippen LogP contribution in [-0.4, -0.2) is 171 Å². The van der Waals surface area contributed by atoms with Crippen molar-refractivity contribution >= 4 is 18.2 Å². The standard InChI is InChI=1S/C36H63N7O13/c1-18(2)8-6-9-19(3)10-7-11-20(4)13-41-34(39)42-24-26(48)21(47)12-35(29(24)51,43-33(37)38)17-53-32-30(36(52,16-46)23(15-45)55-32)56-31-25(40-5)28(50)27(49)22(14-44)54-31/h8,10,13,16,21-32,40,44-45,47-52H,6-7,9,11-12,14-15,17H2,1-5H3,(H4,37,38,43)(H3,39,41,42)/b19-10+,20-13+. The van der Waals surface area contributed by atoms with Crippen LogP contribution in [0.4, 0.5) is 0 Å². The molecule has 14 atom stereocenters. The van der Waals surface area contributed by atoms with Crippen LogP contribution in [-0.2, 0) is 23.7 Å². The number of rotatable bonds is 18. The number of hydrogen-bond donors (Lipinski definition) is 13. The minimum absolute atomic E-state index is 0.0679. The van der Waals surface area contributed by atoms with E-state index in [-0.39, 0.29) is 12.2 Å². The van der Waals surface area contributed by atoms with Gasteiger partial charge in [-0.2, -0.15) is 0 Å². The molecule has 3 fully saturated rings. The zero-order valence-corrected chi connectivity index (χ0v) is 32.6. The average molecular weight is 802 g/mol. The number of ether oxygens (including phenoxy) is 4. The minimum atomic E-state index is -2.58. The highest BCUT2D eigenvalue weighted by Gasteiger charge is 2.61. The molecule has 3 rings (SSSR count). The second-order valence-electron chi connectivity index (χ2n) is 15.0. The number of hydrogen-bond acceptors (Lipinski definition) is 16. The van der Waals surface area contributed by atoms with Gasteiger partial charge in [0.25, 0.3) is 0 Å². The highest BCUT2D eigenvalue weighted by molar-refractivity contribution is 5.79. The lowest BCUT2D eigenvalue weighted by Crippen LogP contribution is -2.69. The van der Waals surface area contributed by atoms with Crippen molar-refractivity contribution in [1.82, 2.24) is 10.6 Å². The first-order chi connectivity index (χ1) is 26.4. The summed E-state index contributed by atoms with van der Waals surface area (Å²) in [5, 5.41) is 91.4. The number of carbonyl (C=O) groups excluding carboxylic acids is 1. The van der Waals surface area contributed by atoms with Crippen molar-refractivity contribution in [3.8, 4) is 0 Å². The van der Waals surface area contributed by atoms with Gasteiger partial charge < -0.3 is 87.6 Å². The number of aldehydes is 1. The van der Waals surface area contributed by atoms with Crippen LogP contribution >= 0.6 is 0 Å². The molecule has 16 N–H and O–H groups in total. The van der Waals surface area contributed by atoms with E-state index in [1.165, 1.54) is 18.2 Å². The summed E-state index contributed by atoms with van der Waals surface area (Å²) in [6.07, 6.45) is -7.07. The molecule has 1 saturated carbocycles. The number of allylic oxidation sites excluding steroid dienone is 5. The van der Waals surface area contributed by atoms with E-state index in [0.29, 0.717) is 6.42 Å². The molecule has 56 heavy (non-hydrogen) atoms. The number of nitrogens with two attached hydrogens (primary N) is 3. The van der Waals surface area contributed by atoms with E-state index < -0.39 is 117 Å². The molecular formula is C36H63N7O13. The third-order valence-corrected chi connectivity index (χ3v) is 10.3. The fourth-order valence-corrected chi connectivity index (χ4v) is 7.01. The maximum Gasteiger partial charge on any atom is 0.193 e. The molecule has 3 aliphatic rings. The molecule has 320 valence electrons. The van der Waals surface area contributed by atoms with Crippen molar-refractivity contribution in [2.75, 3.05) is 26.9 Å². The molecular weight excluding hydrogens is 738 g/mol. The molecule has 2 heterocycles. The number of guanidine groups is 2. The lowest BCUT2D eigenvalue weighted by atomic mass is 9.74. The number of aliphatic hydroxyl groups excluding tert-OH is 7. The first-order valence-electron chi connectivity index (χ1n) is 18.6. The molecule has 20 heteroatoms. The molecule has 0 aromatic carbocycles. The fourth-order valence-electron chi connectivity index (χ4n) is 7.01. The topological polar surface area (TPSA) is 343 Å². The van der Waals surface area contributed by atoms with Crippen LogP contribution in [0.2, 0.25) is 0 Å². The second kappa shape index (κ2) is 21.1. The summed E-state index contributed by atoms with van der Waals surface area (Å²) in [5.41, 5.74) is 16.6. The van der Waals surface area contributed by atoms with Crippen molar-refractivity contribution in [3.05, 3.63) is 35.1 Å². The minimum Gasteiger partial charge on any atom is -0.394 e. The zero-order chi connectivity index (χ0) is 42.0. The lowest BCUT2D eigenvalue weighted by Gasteiger charge is -2.47. The molecule has 1 aliphatic carbocycles. The predicted octanol–water partition coefficient (Wildman–Crippen LogP) is -3.79. The largest absolute Gasteiger partial charge is 0.394 e. The number of nitrogens with one attached hydrogen (secondary N) is 2. The Morgan fingerprint density at radius 2 is 1.55 bits per heavy atom. The van der Waals surface area contributed by atoms with Crippen LogP contribution in [0.25, 0.3) is 0 Å². The van der Waals surface area contributed by atoms with Crippen LogP contribution in [0, 0.1) is 0 Å². The summed E-state index contributed by atoms with van der Waals surface area (Å²) in [7, 11) is 1.41. The Hall–Kier alpha value is -3.09.